The van der Waals surface area contributed by atoms with Gasteiger partial charge in [-0.2, -0.15) is 5.26 Å². The Morgan fingerprint density at radius 1 is 1.12 bits per heavy atom. The molecule has 3 aromatic rings. The minimum atomic E-state index is 0.304. The number of nitrogens with zero attached hydrogens (tertiary/aromatic N) is 4. The molecule has 0 aliphatic heterocycles. The first kappa shape index (κ1) is 16.8. The van der Waals surface area contributed by atoms with Crippen LogP contribution >= 0.6 is 11.6 Å². The predicted octanol–water partition coefficient (Wildman–Crippen LogP) is 3.56. The van der Waals surface area contributed by atoms with Crippen LogP contribution < -0.4 is 9.47 Å². The average Bonchev–Trinajstić information content (AvgIpc) is 3.06. The monoisotopic (exact) mass is 354 g/mol. The number of hydrogen-bond donors (Lipinski definition) is 0. The van der Waals surface area contributed by atoms with E-state index in [1.165, 1.54) is 0 Å². The van der Waals surface area contributed by atoms with E-state index in [1.54, 1.807) is 36.7 Å². The van der Waals surface area contributed by atoms with Gasteiger partial charge in [-0.15, -0.1) is 0 Å². The summed E-state index contributed by atoms with van der Waals surface area (Å²) in [6, 6.07) is 10.6. The third kappa shape index (κ3) is 4.08. The average molecular weight is 355 g/mol. The number of rotatable bonds is 6. The molecule has 3 rings (SSSR count). The smallest absolute Gasteiger partial charge is 0.141 e. The molecule has 0 spiro atoms. The lowest BCUT2D eigenvalue weighted by molar-refractivity contribution is 0.216. The first-order valence-corrected chi connectivity index (χ1v) is 7.97. The molecular weight excluding hydrogens is 340 g/mol. The Labute approximate surface area is 150 Å². The maximum absolute atomic E-state index is 9.09. The zero-order valence-electron chi connectivity index (χ0n) is 13.5. The molecule has 2 aromatic heterocycles. The molecule has 1 aromatic carbocycles. The molecule has 0 saturated carbocycles. The van der Waals surface area contributed by atoms with Gasteiger partial charge in [0.15, 0.2) is 0 Å². The summed E-state index contributed by atoms with van der Waals surface area (Å²) in [5.41, 5.74) is 0.397. The van der Waals surface area contributed by atoms with E-state index in [2.05, 4.69) is 16.0 Å². The van der Waals surface area contributed by atoms with E-state index in [1.807, 2.05) is 23.8 Å². The summed E-state index contributed by atoms with van der Waals surface area (Å²) >= 11 is 5.86. The normalized spacial score (nSPS) is 10.3. The second-order valence-electron chi connectivity index (χ2n) is 5.14. The van der Waals surface area contributed by atoms with Crippen molar-refractivity contribution in [2.75, 3.05) is 13.2 Å². The molecule has 2 heterocycles. The minimum absolute atomic E-state index is 0.304. The highest BCUT2D eigenvalue weighted by molar-refractivity contribution is 6.30. The first-order valence-electron chi connectivity index (χ1n) is 7.59. The summed E-state index contributed by atoms with van der Waals surface area (Å²) in [7, 11) is 0. The zero-order chi connectivity index (χ0) is 17.6. The molecule has 0 saturated heterocycles. The Morgan fingerprint density at radius 3 is 2.72 bits per heavy atom. The fraction of sp³-hybridized carbons (Fsp3) is 0.167. The summed E-state index contributed by atoms with van der Waals surface area (Å²) < 4.78 is 13.2. The van der Waals surface area contributed by atoms with Crippen molar-refractivity contribution in [1.82, 2.24) is 14.5 Å². The second-order valence-corrected chi connectivity index (χ2v) is 5.58. The number of aromatic nitrogens is 3. The number of imidazole rings is 1. The molecule has 7 heteroatoms. The summed E-state index contributed by atoms with van der Waals surface area (Å²) in [6.07, 6.45) is 5.24. The standard InChI is InChI=1S/C18H15ClN4O2/c1-13-21-6-7-23(13)18-11-16(4-5-22-18)24-8-9-25-17-3-2-15(19)10-14(17)12-20/h2-7,10-11H,8-9H2,1H3. The van der Waals surface area contributed by atoms with Crippen LogP contribution in [-0.2, 0) is 0 Å². The molecule has 0 atom stereocenters. The lowest BCUT2D eigenvalue weighted by Crippen LogP contribution is -2.10. The van der Waals surface area contributed by atoms with E-state index < -0.39 is 0 Å². The molecule has 0 unspecified atom stereocenters. The second kappa shape index (κ2) is 7.69. The van der Waals surface area contributed by atoms with E-state index >= 15 is 0 Å². The Bertz CT molecular complexity index is 917. The third-order valence-electron chi connectivity index (χ3n) is 3.46. The van der Waals surface area contributed by atoms with Crippen molar-refractivity contribution in [1.29, 1.82) is 5.26 Å². The van der Waals surface area contributed by atoms with Crippen molar-refractivity contribution in [2.45, 2.75) is 6.92 Å². The quantitative estimate of drug-likeness (QED) is 0.633. The predicted molar refractivity (Wildman–Crippen MR) is 93.3 cm³/mol. The van der Waals surface area contributed by atoms with Gasteiger partial charge in [-0.25, -0.2) is 9.97 Å². The maximum atomic E-state index is 9.09. The number of hydrogen-bond acceptors (Lipinski definition) is 5. The molecule has 0 aliphatic carbocycles. The third-order valence-corrected chi connectivity index (χ3v) is 3.70. The lowest BCUT2D eigenvalue weighted by Gasteiger charge is -2.11. The van der Waals surface area contributed by atoms with Crippen LogP contribution in [0.15, 0.2) is 48.9 Å². The highest BCUT2D eigenvalue weighted by atomic mass is 35.5. The van der Waals surface area contributed by atoms with Crippen LogP contribution in [0.4, 0.5) is 0 Å². The highest BCUT2D eigenvalue weighted by Gasteiger charge is 2.06. The maximum Gasteiger partial charge on any atom is 0.141 e. The van der Waals surface area contributed by atoms with Gasteiger partial charge in [0.05, 0.1) is 5.56 Å². The molecule has 0 bridgehead atoms. The number of aryl methyl sites for hydroxylation is 1. The minimum Gasteiger partial charge on any atom is -0.490 e. The van der Waals surface area contributed by atoms with Gasteiger partial charge in [-0.05, 0) is 31.2 Å². The summed E-state index contributed by atoms with van der Waals surface area (Å²) in [5.74, 6) is 2.75. The molecule has 0 fully saturated rings. The molecule has 25 heavy (non-hydrogen) atoms. The van der Waals surface area contributed by atoms with E-state index in [-0.39, 0.29) is 0 Å². The Balaban J connectivity index is 1.58. The fourth-order valence-electron chi connectivity index (χ4n) is 2.27. The van der Waals surface area contributed by atoms with E-state index in [0.717, 1.165) is 11.6 Å². The van der Waals surface area contributed by atoms with Crippen LogP contribution in [0.5, 0.6) is 11.5 Å². The largest absolute Gasteiger partial charge is 0.490 e. The molecule has 0 amide bonds. The van der Waals surface area contributed by atoms with Gasteiger partial charge in [-0.1, -0.05) is 11.6 Å². The van der Waals surface area contributed by atoms with Gasteiger partial charge in [-0.3, -0.25) is 4.57 Å². The fourth-order valence-corrected chi connectivity index (χ4v) is 2.44. The topological polar surface area (TPSA) is 73.0 Å². The van der Waals surface area contributed by atoms with Crippen molar-refractivity contribution in [3.8, 4) is 23.4 Å². The van der Waals surface area contributed by atoms with Crippen LogP contribution in [0.3, 0.4) is 0 Å². The van der Waals surface area contributed by atoms with Crippen molar-refractivity contribution in [2.24, 2.45) is 0 Å². The van der Waals surface area contributed by atoms with Crippen molar-refractivity contribution in [3.63, 3.8) is 0 Å². The van der Waals surface area contributed by atoms with Crippen LogP contribution in [0.25, 0.3) is 5.82 Å². The van der Waals surface area contributed by atoms with Crippen molar-refractivity contribution < 1.29 is 9.47 Å². The van der Waals surface area contributed by atoms with Crippen LogP contribution in [0, 0.1) is 18.3 Å². The zero-order valence-corrected chi connectivity index (χ0v) is 14.3. The number of ether oxygens (including phenoxy) is 2. The lowest BCUT2D eigenvalue weighted by atomic mass is 10.2. The first-order chi connectivity index (χ1) is 12.2. The van der Waals surface area contributed by atoms with E-state index in [0.29, 0.717) is 35.3 Å². The Hall–Kier alpha value is -3.04. The van der Waals surface area contributed by atoms with Gasteiger partial charge in [0.1, 0.15) is 42.4 Å². The Kier molecular flexibility index (Phi) is 5.17. The highest BCUT2D eigenvalue weighted by Crippen LogP contribution is 2.22. The SMILES string of the molecule is Cc1nccn1-c1cc(OCCOc2ccc(Cl)cc2C#N)ccn1. The van der Waals surface area contributed by atoms with Crippen molar-refractivity contribution in [3.05, 3.63) is 65.3 Å². The molecule has 0 aliphatic rings. The molecule has 126 valence electrons. The van der Waals surface area contributed by atoms with E-state index in [9.17, 15) is 0 Å². The van der Waals surface area contributed by atoms with Gasteiger partial charge in [0.2, 0.25) is 0 Å². The van der Waals surface area contributed by atoms with Gasteiger partial charge in [0.25, 0.3) is 0 Å². The van der Waals surface area contributed by atoms with Crippen LogP contribution in [-0.4, -0.2) is 27.7 Å². The molecule has 0 radical (unpaired) electrons. The summed E-state index contributed by atoms with van der Waals surface area (Å²) in [4.78, 5) is 8.49. The van der Waals surface area contributed by atoms with Gasteiger partial charge in [0, 0.05) is 29.7 Å². The van der Waals surface area contributed by atoms with Gasteiger partial charge >= 0.3 is 0 Å². The van der Waals surface area contributed by atoms with E-state index in [4.69, 9.17) is 26.3 Å². The van der Waals surface area contributed by atoms with Crippen molar-refractivity contribution >= 4 is 11.6 Å². The number of halogens is 1. The van der Waals surface area contributed by atoms with Crippen LogP contribution in [0.2, 0.25) is 5.02 Å². The summed E-state index contributed by atoms with van der Waals surface area (Å²) in [6.45, 7) is 2.54. The number of benzene rings is 1. The number of nitriles is 1. The molecule has 0 N–H and O–H groups in total. The van der Waals surface area contributed by atoms with Crippen LogP contribution in [0.1, 0.15) is 11.4 Å². The number of pyridine rings is 1. The summed E-state index contributed by atoms with van der Waals surface area (Å²) in [5, 5.41) is 9.59. The molecular formula is C18H15ClN4O2. The molecule has 6 nitrogen and oxygen atoms in total. The van der Waals surface area contributed by atoms with Gasteiger partial charge < -0.3 is 9.47 Å². The Morgan fingerprint density at radius 2 is 1.96 bits per heavy atom.